The molecule has 118 valence electrons. The lowest BCUT2D eigenvalue weighted by atomic mass is 10.0. The van der Waals surface area contributed by atoms with Crippen molar-refractivity contribution in [2.75, 3.05) is 20.1 Å². The molecule has 1 fully saturated rings. The van der Waals surface area contributed by atoms with Gasteiger partial charge in [-0.2, -0.15) is 13.2 Å². The van der Waals surface area contributed by atoms with Crippen molar-refractivity contribution in [1.82, 2.24) is 4.90 Å². The third-order valence-corrected chi connectivity index (χ3v) is 4.35. The molecule has 2 nitrogen and oxygen atoms in total. The molecule has 0 saturated carbocycles. The Morgan fingerprint density at radius 3 is 2.52 bits per heavy atom. The van der Waals surface area contributed by atoms with Crippen LogP contribution in [0.3, 0.4) is 0 Å². The Morgan fingerprint density at radius 1 is 1.24 bits per heavy atom. The predicted molar refractivity (Wildman–Crippen MR) is 78.7 cm³/mol. The summed E-state index contributed by atoms with van der Waals surface area (Å²) in [6.45, 7) is 4.19. The van der Waals surface area contributed by atoms with E-state index >= 15 is 0 Å². The Morgan fingerprint density at radius 2 is 1.90 bits per heavy atom. The van der Waals surface area contributed by atoms with Crippen LogP contribution in [0.2, 0.25) is 0 Å². The van der Waals surface area contributed by atoms with Gasteiger partial charge in [0.1, 0.15) is 11.9 Å². The molecular formula is C15H20F3NOS. The fraction of sp³-hybridized carbons (Fsp3) is 0.600. The topological polar surface area (TPSA) is 12.5 Å². The molecule has 1 aromatic rings. The molecule has 2 atom stereocenters. The van der Waals surface area contributed by atoms with Crippen molar-refractivity contribution in [3.8, 4) is 5.75 Å². The monoisotopic (exact) mass is 319 g/mol. The van der Waals surface area contributed by atoms with Gasteiger partial charge >= 0.3 is 5.51 Å². The summed E-state index contributed by atoms with van der Waals surface area (Å²) in [5, 5.41) is 0. The maximum absolute atomic E-state index is 12.3. The first kappa shape index (κ1) is 16.5. The number of halogens is 3. The van der Waals surface area contributed by atoms with E-state index in [-0.39, 0.29) is 22.8 Å². The van der Waals surface area contributed by atoms with Crippen LogP contribution in [0.25, 0.3) is 0 Å². The highest BCUT2D eigenvalue weighted by Crippen LogP contribution is 2.37. The molecule has 0 N–H and O–H groups in total. The zero-order valence-corrected chi connectivity index (χ0v) is 13.0. The highest BCUT2D eigenvalue weighted by molar-refractivity contribution is 8.00. The Labute approximate surface area is 127 Å². The summed E-state index contributed by atoms with van der Waals surface area (Å²) in [5.74, 6) is 1.05. The number of ether oxygens (including phenoxy) is 1. The van der Waals surface area contributed by atoms with Crippen LogP contribution >= 0.6 is 11.8 Å². The van der Waals surface area contributed by atoms with Gasteiger partial charge in [-0.05, 0) is 62.5 Å². The molecule has 0 spiro atoms. The van der Waals surface area contributed by atoms with Crippen molar-refractivity contribution < 1.29 is 17.9 Å². The maximum Gasteiger partial charge on any atom is 0.446 e. The Bertz CT molecular complexity index is 449. The molecule has 1 saturated heterocycles. The fourth-order valence-corrected chi connectivity index (χ4v) is 3.16. The van der Waals surface area contributed by atoms with Crippen LogP contribution in [-0.4, -0.2) is 36.6 Å². The molecule has 1 heterocycles. The first-order chi connectivity index (χ1) is 9.83. The van der Waals surface area contributed by atoms with Gasteiger partial charge in [0.05, 0.1) is 0 Å². The van der Waals surface area contributed by atoms with Crippen LogP contribution in [0, 0.1) is 5.92 Å². The standard InChI is InChI=1S/C15H20F3NOS/c1-11-10-19(2)9-3-4-14(11)20-12-5-7-13(8-6-12)21-15(16,17)18/h5-8,11,14H,3-4,9-10H2,1-2H3. The van der Waals surface area contributed by atoms with E-state index in [2.05, 4.69) is 18.9 Å². The summed E-state index contributed by atoms with van der Waals surface area (Å²) >= 11 is -0.103. The van der Waals surface area contributed by atoms with Gasteiger partial charge in [0.15, 0.2) is 0 Å². The van der Waals surface area contributed by atoms with Crippen molar-refractivity contribution in [2.45, 2.75) is 36.3 Å². The minimum atomic E-state index is -4.25. The second-order valence-corrected chi connectivity index (χ2v) is 6.70. The predicted octanol–water partition coefficient (Wildman–Crippen LogP) is 4.41. The van der Waals surface area contributed by atoms with Crippen molar-refractivity contribution >= 4 is 11.8 Å². The second-order valence-electron chi connectivity index (χ2n) is 5.56. The molecule has 2 unspecified atom stereocenters. The summed E-state index contributed by atoms with van der Waals surface area (Å²) in [4.78, 5) is 2.47. The second kappa shape index (κ2) is 6.92. The van der Waals surface area contributed by atoms with Crippen LogP contribution in [-0.2, 0) is 0 Å². The van der Waals surface area contributed by atoms with E-state index in [4.69, 9.17) is 4.74 Å². The highest BCUT2D eigenvalue weighted by atomic mass is 32.2. The normalized spacial score (nSPS) is 24.6. The zero-order chi connectivity index (χ0) is 15.5. The SMILES string of the molecule is CC1CN(C)CCCC1Oc1ccc(SC(F)(F)F)cc1. The fourth-order valence-electron chi connectivity index (χ4n) is 2.62. The van der Waals surface area contributed by atoms with Gasteiger partial charge < -0.3 is 9.64 Å². The maximum atomic E-state index is 12.3. The van der Waals surface area contributed by atoms with Crippen LogP contribution in [0.1, 0.15) is 19.8 Å². The highest BCUT2D eigenvalue weighted by Gasteiger charge is 2.29. The molecule has 0 amide bonds. The number of benzene rings is 1. The number of rotatable bonds is 3. The van der Waals surface area contributed by atoms with E-state index in [1.165, 1.54) is 12.1 Å². The molecular weight excluding hydrogens is 299 g/mol. The van der Waals surface area contributed by atoms with Gasteiger partial charge in [-0.25, -0.2) is 0 Å². The molecule has 1 aromatic carbocycles. The summed E-state index contributed by atoms with van der Waals surface area (Å²) in [6.07, 6.45) is 2.18. The summed E-state index contributed by atoms with van der Waals surface area (Å²) in [5.41, 5.74) is -4.25. The number of hydrogen-bond donors (Lipinski definition) is 0. The molecule has 0 radical (unpaired) electrons. The smallest absolute Gasteiger partial charge is 0.446 e. The van der Waals surface area contributed by atoms with Crippen molar-refractivity contribution in [2.24, 2.45) is 5.92 Å². The van der Waals surface area contributed by atoms with E-state index in [1.807, 2.05) is 0 Å². The number of thioether (sulfide) groups is 1. The summed E-state index contributed by atoms with van der Waals surface area (Å²) in [7, 11) is 2.10. The number of likely N-dealkylation sites (tertiary alicyclic amines) is 1. The van der Waals surface area contributed by atoms with E-state index in [0.717, 1.165) is 25.9 Å². The van der Waals surface area contributed by atoms with Gasteiger partial charge in [-0.3, -0.25) is 0 Å². The van der Waals surface area contributed by atoms with Gasteiger partial charge in [0.25, 0.3) is 0 Å². The zero-order valence-electron chi connectivity index (χ0n) is 12.2. The molecule has 0 aromatic heterocycles. The van der Waals surface area contributed by atoms with Gasteiger partial charge in [0.2, 0.25) is 0 Å². The molecule has 0 bridgehead atoms. The largest absolute Gasteiger partial charge is 0.490 e. The first-order valence-corrected chi connectivity index (χ1v) is 7.86. The van der Waals surface area contributed by atoms with Crippen molar-refractivity contribution in [1.29, 1.82) is 0 Å². The minimum absolute atomic E-state index is 0.103. The lowest BCUT2D eigenvalue weighted by Gasteiger charge is -2.24. The summed E-state index contributed by atoms with van der Waals surface area (Å²) < 4.78 is 42.8. The molecule has 1 aliphatic heterocycles. The number of alkyl halides is 3. The number of nitrogens with zero attached hydrogens (tertiary/aromatic N) is 1. The van der Waals surface area contributed by atoms with Crippen molar-refractivity contribution in [3.05, 3.63) is 24.3 Å². The molecule has 21 heavy (non-hydrogen) atoms. The third-order valence-electron chi connectivity index (χ3n) is 3.61. The van der Waals surface area contributed by atoms with E-state index in [1.54, 1.807) is 12.1 Å². The lowest BCUT2D eigenvalue weighted by Crippen LogP contribution is -2.30. The van der Waals surface area contributed by atoms with Crippen LogP contribution in [0.5, 0.6) is 5.75 Å². The van der Waals surface area contributed by atoms with Gasteiger partial charge in [-0.1, -0.05) is 6.92 Å². The molecule has 6 heteroatoms. The van der Waals surface area contributed by atoms with Gasteiger partial charge in [0, 0.05) is 17.4 Å². The summed E-state index contributed by atoms with van der Waals surface area (Å²) in [6, 6.07) is 6.16. The van der Waals surface area contributed by atoms with Gasteiger partial charge in [-0.15, -0.1) is 0 Å². The molecule has 0 aliphatic carbocycles. The van der Waals surface area contributed by atoms with E-state index < -0.39 is 5.51 Å². The lowest BCUT2D eigenvalue weighted by molar-refractivity contribution is -0.0328. The Hall–Kier alpha value is -0.880. The van der Waals surface area contributed by atoms with E-state index in [0.29, 0.717) is 11.7 Å². The average Bonchev–Trinajstić information content (AvgIpc) is 2.52. The quantitative estimate of drug-likeness (QED) is 0.766. The van der Waals surface area contributed by atoms with E-state index in [9.17, 15) is 13.2 Å². The van der Waals surface area contributed by atoms with Crippen LogP contribution < -0.4 is 4.74 Å². The minimum Gasteiger partial charge on any atom is -0.490 e. The van der Waals surface area contributed by atoms with Crippen LogP contribution in [0.15, 0.2) is 29.2 Å². The molecule has 2 rings (SSSR count). The number of hydrogen-bond acceptors (Lipinski definition) is 3. The molecule has 1 aliphatic rings. The Kier molecular flexibility index (Phi) is 5.43. The third kappa shape index (κ3) is 5.43. The van der Waals surface area contributed by atoms with Crippen molar-refractivity contribution in [3.63, 3.8) is 0 Å². The Balaban J connectivity index is 1.96. The first-order valence-electron chi connectivity index (χ1n) is 7.04. The average molecular weight is 319 g/mol. The van der Waals surface area contributed by atoms with Crippen LogP contribution in [0.4, 0.5) is 13.2 Å².